The molecule has 0 spiro atoms. The topological polar surface area (TPSA) is 102 Å². The highest BCUT2D eigenvalue weighted by atomic mass is 16.5. The molecule has 0 saturated heterocycles. The molecular weight excluding hydrogens is 252 g/mol. The van der Waals surface area contributed by atoms with Gasteiger partial charge in [-0.2, -0.15) is 0 Å². The summed E-state index contributed by atoms with van der Waals surface area (Å²) in [5, 5.41) is 15.0. The minimum Gasteiger partial charge on any atom is -0.481 e. The van der Waals surface area contributed by atoms with E-state index < -0.39 is 17.8 Å². The number of nitrogens with one attached hydrogen (secondary N) is 1. The molecule has 0 saturated carbocycles. The van der Waals surface area contributed by atoms with Crippen molar-refractivity contribution in [3.8, 4) is 5.88 Å². The molecule has 0 bridgehead atoms. The van der Waals surface area contributed by atoms with E-state index in [1.165, 1.54) is 0 Å². The third-order valence-electron chi connectivity index (χ3n) is 2.60. The first kappa shape index (κ1) is 15.0. The number of aryl methyl sites for hydroxylation is 1. The molecule has 1 heterocycles. The fraction of sp³-hybridized carbons (Fsp3) is 0.583. The van der Waals surface area contributed by atoms with Crippen molar-refractivity contribution in [2.75, 3.05) is 13.2 Å². The lowest BCUT2D eigenvalue weighted by Crippen LogP contribution is -2.37. The van der Waals surface area contributed by atoms with Gasteiger partial charge in [-0.05, 0) is 18.0 Å². The van der Waals surface area contributed by atoms with E-state index in [1.807, 2.05) is 0 Å². The lowest BCUT2D eigenvalue weighted by atomic mass is 9.96. The van der Waals surface area contributed by atoms with Crippen LogP contribution in [0.4, 0.5) is 0 Å². The number of aromatic nitrogens is 1. The number of carboxylic acid groups (broad SMARTS) is 1. The Morgan fingerprint density at radius 3 is 2.68 bits per heavy atom. The van der Waals surface area contributed by atoms with Crippen LogP contribution in [-0.2, 0) is 9.59 Å². The number of aliphatic carboxylic acids is 1. The Labute approximate surface area is 110 Å². The van der Waals surface area contributed by atoms with Crippen LogP contribution in [0.5, 0.6) is 5.88 Å². The van der Waals surface area contributed by atoms with E-state index in [4.69, 9.17) is 14.4 Å². The van der Waals surface area contributed by atoms with E-state index in [2.05, 4.69) is 10.5 Å². The molecule has 0 fully saturated rings. The molecule has 2 N–H and O–H groups in total. The van der Waals surface area contributed by atoms with E-state index in [1.54, 1.807) is 26.8 Å². The van der Waals surface area contributed by atoms with Crippen LogP contribution in [0.1, 0.15) is 19.6 Å². The molecule has 0 aliphatic heterocycles. The van der Waals surface area contributed by atoms with E-state index in [0.717, 1.165) is 0 Å². The summed E-state index contributed by atoms with van der Waals surface area (Å²) in [6.07, 6.45) is 0. The van der Waals surface area contributed by atoms with Crippen molar-refractivity contribution in [3.63, 3.8) is 0 Å². The number of nitrogens with zero attached hydrogens (tertiary/aromatic N) is 1. The van der Waals surface area contributed by atoms with Crippen LogP contribution in [0.2, 0.25) is 0 Å². The van der Waals surface area contributed by atoms with Gasteiger partial charge in [0.15, 0.2) is 6.61 Å². The average molecular weight is 270 g/mol. The highest BCUT2D eigenvalue weighted by Crippen LogP contribution is 2.10. The van der Waals surface area contributed by atoms with Gasteiger partial charge in [-0.25, -0.2) is 0 Å². The number of carboxylic acids is 1. The van der Waals surface area contributed by atoms with Crippen LogP contribution in [0, 0.1) is 18.8 Å². The third-order valence-corrected chi connectivity index (χ3v) is 2.60. The Balaban J connectivity index is 2.33. The van der Waals surface area contributed by atoms with E-state index in [-0.39, 0.29) is 24.9 Å². The first-order chi connectivity index (χ1) is 8.90. The highest BCUT2D eigenvalue weighted by molar-refractivity contribution is 5.78. The minimum absolute atomic E-state index is 0.0584. The van der Waals surface area contributed by atoms with Crippen LogP contribution in [-0.4, -0.2) is 35.3 Å². The van der Waals surface area contributed by atoms with Crippen LogP contribution in [0.15, 0.2) is 10.6 Å². The van der Waals surface area contributed by atoms with Crippen molar-refractivity contribution in [1.29, 1.82) is 0 Å². The molecule has 1 amide bonds. The molecule has 0 aliphatic rings. The summed E-state index contributed by atoms with van der Waals surface area (Å²) in [5.74, 6) is -1.18. The maximum absolute atomic E-state index is 11.5. The van der Waals surface area contributed by atoms with Gasteiger partial charge in [0.05, 0.1) is 5.92 Å². The van der Waals surface area contributed by atoms with Crippen molar-refractivity contribution in [3.05, 3.63) is 11.8 Å². The van der Waals surface area contributed by atoms with Crippen molar-refractivity contribution in [1.82, 2.24) is 10.5 Å². The van der Waals surface area contributed by atoms with Gasteiger partial charge in [-0.3, -0.25) is 9.59 Å². The van der Waals surface area contributed by atoms with Gasteiger partial charge < -0.3 is 19.7 Å². The lowest BCUT2D eigenvalue weighted by Gasteiger charge is -2.16. The van der Waals surface area contributed by atoms with Crippen LogP contribution in [0.25, 0.3) is 0 Å². The van der Waals surface area contributed by atoms with Gasteiger partial charge in [0.25, 0.3) is 11.8 Å². The molecule has 1 aromatic rings. The zero-order valence-electron chi connectivity index (χ0n) is 11.2. The van der Waals surface area contributed by atoms with Gasteiger partial charge in [-0.1, -0.05) is 13.8 Å². The lowest BCUT2D eigenvalue weighted by molar-refractivity contribution is -0.143. The largest absolute Gasteiger partial charge is 0.481 e. The summed E-state index contributed by atoms with van der Waals surface area (Å²) in [7, 11) is 0. The number of carbonyl (C=O) groups excluding carboxylic acids is 1. The van der Waals surface area contributed by atoms with Crippen molar-refractivity contribution in [2.24, 2.45) is 11.8 Å². The van der Waals surface area contributed by atoms with Gasteiger partial charge >= 0.3 is 5.97 Å². The van der Waals surface area contributed by atoms with Crippen LogP contribution < -0.4 is 10.1 Å². The summed E-state index contributed by atoms with van der Waals surface area (Å²) in [6, 6.07) is 1.56. The summed E-state index contributed by atoms with van der Waals surface area (Å²) >= 11 is 0. The Morgan fingerprint density at radius 1 is 1.53 bits per heavy atom. The Morgan fingerprint density at radius 2 is 2.21 bits per heavy atom. The number of carbonyl (C=O) groups is 2. The molecule has 0 aromatic carbocycles. The second-order valence-electron chi connectivity index (χ2n) is 4.56. The average Bonchev–Trinajstić information content (AvgIpc) is 2.71. The molecule has 7 nitrogen and oxygen atoms in total. The zero-order valence-corrected chi connectivity index (χ0v) is 11.2. The molecule has 106 valence electrons. The fourth-order valence-corrected chi connectivity index (χ4v) is 1.43. The molecule has 0 radical (unpaired) electrons. The smallest absolute Gasteiger partial charge is 0.308 e. The van der Waals surface area contributed by atoms with Crippen molar-refractivity contribution < 1.29 is 24.0 Å². The minimum atomic E-state index is -0.927. The second-order valence-corrected chi connectivity index (χ2v) is 4.56. The number of rotatable bonds is 7. The predicted octanol–water partition coefficient (Wildman–Crippen LogP) is 0.835. The summed E-state index contributed by atoms with van der Waals surface area (Å²) < 4.78 is 9.85. The molecule has 0 aliphatic carbocycles. The Kier molecular flexibility index (Phi) is 5.35. The molecule has 1 aromatic heterocycles. The van der Waals surface area contributed by atoms with Crippen molar-refractivity contribution in [2.45, 2.75) is 20.8 Å². The zero-order chi connectivity index (χ0) is 14.4. The quantitative estimate of drug-likeness (QED) is 0.761. The second kappa shape index (κ2) is 6.77. The van der Waals surface area contributed by atoms with E-state index in [9.17, 15) is 9.59 Å². The first-order valence-electron chi connectivity index (χ1n) is 5.95. The first-order valence-corrected chi connectivity index (χ1v) is 5.95. The fourth-order valence-electron chi connectivity index (χ4n) is 1.43. The maximum Gasteiger partial charge on any atom is 0.308 e. The van der Waals surface area contributed by atoms with Crippen molar-refractivity contribution >= 4 is 11.9 Å². The van der Waals surface area contributed by atoms with E-state index in [0.29, 0.717) is 5.76 Å². The molecule has 7 heteroatoms. The standard InChI is InChI=1S/C12H18N2O5/c1-7(2)9(12(16)17)5-13-10(15)6-18-11-4-8(3)19-14-11/h4,7,9H,5-6H2,1-3H3,(H,13,15)(H,16,17). The maximum atomic E-state index is 11.5. The van der Waals surface area contributed by atoms with Gasteiger partial charge in [0.2, 0.25) is 0 Å². The summed E-state index contributed by atoms with van der Waals surface area (Å²) in [6.45, 7) is 5.14. The monoisotopic (exact) mass is 270 g/mol. The summed E-state index contributed by atoms with van der Waals surface area (Å²) in [5.41, 5.74) is 0. The van der Waals surface area contributed by atoms with Gasteiger partial charge in [-0.15, -0.1) is 0 Å². The highest BCUT2D eigenvalue weighted by Gasteiger charge is 2.22. The molecule has 19 heavy (non-hydrogen) atoms. The number of hydrogen-bond donors (Lipinski definition) is 2. The molecular formula is C12H18N2O5. The molecule has 1 unspecified atom stereocenters. The Hall–Kier alpha value is -2.05. The number of hydrogen-bond acceptors (Lipinski definition) is 5. The van der Waals surface area contributed by atoms with Gasteiger partial charge in [0.1, 0.15) is 5.76 Å². The molecule has 1 rings (SSSR count). The predicted molar refractivity (Wildman–Crippen MR) is 65.7 cm³/mol. The van der Waals surface area contributed by atoms with Gasteiger partial charge in [0, 0.05) is 12.6 Å². The number of ether oxygens (including phenoxy) is 1. The molecule has 1 atom stereocenters. The third kappa shape index (κ3) is 4.99. The summed E-state index contributed by atoms with van der Waals surface area (Å²) in [4.78, 5) is 22.4. The van der Waals surface area contributed by atoms with E-state index >= 15 is 0 Å². The Bertz CT molecular complexity index is 441. The normalized spacial score (nSPS) is 12.2. The SMILES string of the molecule is Cc1cc(OCC(=O)NCC(C(=O)O)C(C)C)no1. The van der Waals surface area contributed by atoms with Crippen LogP contribution >= 0.6 is 0 Å². The number of amides is 1. The van der Waals surface area contributed by atoms with Crippen LogP contribution in [0.3, 0.4) is 0 Å².